The summed E-state index contributed by atoms with van der Waals surface area (Å²) in [7, 11) is 0. The van der Waals surface area contributed by atoms with Crippen LogP contribution in [0.1, 0.15) is 83.0 Å². The highest BCUT2D eigenvalue weighted by molar-refractivity contribution is 5.16. The van der Waals surface area contributed by atoms with Crippen LogP contribution in [0.4, 0.5) is 0 Å². The van der Waals surface area contributed by atoms with Crippen LogP contribution in [0.5, 0.6) is 0 Å². The lowest BCUT2D eigenvalue weighted by atomic mass is 9.78. The molecule has 0 atom stereocenters. The number of aliphatic hydroxyl groups excluding tert-OH is 1. The monoisotopic (exact) mass is 293 g/mol. The molecule has 1 aliphatic rings. The van der Waals surface area contributed by atoms with Crippen molar-refractivity contribution < 1.29 is 5.11 Å². The summed E-state index contributed by atoms with van der Waals surface area (Å²) in [5.41, 5.74) is 2.01. The quantitative estimate of drug-likeness (QED) is 0.829. The topological polar surface area (TPSA) is 50.9 Å². The first kappa shape index (κ1) is 16.5. The fraction of sp³-hybridized carbons (Fsp3) is 0.882. The SMILES string of the molecule is CCCCC1CCC(c2c(CO)nnn2CC(C)C)CC1. The zero-order valence-corrected chi connectivity index (χ0v) is 13.9. The van der Waals surface area contributed by atoms with Crippen LogP contribution in [0.15, 0.2) is 0 Å². The largest absolute Gasteiger partial charge is 0.390 e. The predicted octanol–water partition coefficient (Wildman–Crippen LogP) is 3.89. The van der Waals surface area contributed by atoms with Gasteiger partial charge in [-0.25, -0.2) is 4.68 Å². The molecule has 1 fully saturated rings. The zero-order chi connectivity index (χ0) is 15.2. The van der Waals surface area contributed by atoms with Gasteiger partial charge in [0.25, 0.3) is 0 Å². The van der Waals surface area contributed by atoms with E-state index in [1.165, 1.54) is 50.6 Å². The summed E-state index contributed by atoms with van der Waals surface area (Å²) >= 11 is 0. The van der Waals surface area contributed by atoms with Crippen LogP contribution in [0, 0.1) is 11.8 Å². The average Bonchev–Trinajstić information content (AvgIpc) is 2.87. The smallest absolute Gasteiger partial charge is 0.112 e. The highest BCUT2D eigenvalue weighted by Gasteiger charge is 2.27. The minimum atomic E-state index is 0.0171. The van der Waals surface area contributed by atoms with Crippen molar-refractivity contribution in [3.05, 3.63) is 11.4 Å². The summed E-state index contributed by atoms with van der Waals surface area (Å²) in [5.74, 6) is 2.00. The van der Waals surface area contributed by atoms with Crippen LogP contribution in [-0.4, -0.2) is 20.1 Å². The second-order valence-corrected chi connectivity index (χ2v) is 7.02. The van der Waals surface area contributed by atoms with E-state index in [-0.39, 0.29) is 6.61 Å². The summed E-state index contributed by atoms with van der Waals surface area (Å²) in [4.78, 5) is 0. The lowest BCUT2D eigenvalue weighted by molar-refractivity contribution is 0.266. The highest BCUT2D eigenvalue weighted by atomic mass is 16.3. The van der Waals surface area contributed by atoms with Crippen molar-refractivity contribution in [2.45, 2.75) is 84.8 Å². The number of rotatable bonds is 7. The second kappa shape index (κ2) is 7.92. The molecule has 4 nitrogen and oxygen atoms in total. The molecule has 21 heavy (non-hydrogen) atoms. The van der Waals surface area contributed by atoms with Gasteiger partial charge in [-0.15, -0.1) is 5.10 Å². The molecule has 1 saturated carbocycles. The summed E-state index contributed by atoms with van der Waals surface area (Å²) in [6.07, 6.45) is 9.16. The van der Waals surface area contributed by atoms with E-state index >= 15 is 0 Å². The number of aliphatic hydroxyl groups is 1. The lowest BCUT2D eigenvalue weighted by Crippen LogP contribution is -2.19. The van der Waals surface area contributed by atoms with Crippen LogP contribution in [-0.2, 0) is 13.2 Å². The number of aromatic nitrogens is 3. The van der Waals surface area contributed by atoms with Crippen LogP contribution in [0.3, 0.4) is 0 Å². The Balaban J connectivity index is 2.03. The maximum atomic E-state index is 9.55. The Bertz CT molecular complexity index is 420. The third-order valence-corrected chi connectivity index (χ3v) is 4.73. The van der Waals surface area contributed by atoms with Crippen LogP contribution in [0.25, 0.3) is 0 Å². The Labute approximate surface area is 128 Å². The van der Waals surface area contributed by atoms with Gasteiger partial charge in [0.15, 0.2) is 0 Å². The standard InChI is InChI=1S/C17H31N3O/c1-4-5-6-14-7-9-15(10-8-14)17-16(12-21)18-19-20(17)11-13(2)3/h13-15,21H,4-12H2,1-3H3. The Hall–Kier alpha value is -0.900. The Kier molecular flexibility index (Phi) is 6.22. The summed E-state index contributed by atoms with van der Waals surface area (Å²) in [6, 6.07) is 0. The van der Waals surface area contributed by atoms with E-state index in [1.54, 1.807) is 0 Å². The molecular weight excluding hydrogens is 262 g/mol. The van der Waals surface area contributed by atoms with Crippen LogP contribution >= 0.6 is 0 Å². The van der Waals surface area contributed by atoms with Crippen molar-refractivity contribution in [2.24, 2.45) is 11.8 Å². The maximum absolute atomic E-state index is 9.55. The number of unbranched alkanes of at least 4 members (excludes halogenated alkanes) is 1. The van der Waals surface area contributed by atoms with Crippen molar-refractivity contribution >= 4 is 0 Å². The van der Waals surface area contributed by atoms with Gasteiger partial charge < -0.3 is 5.11 Å². The van der Waals surface area contributed by atoms with Gasteiger partial charge in [-0.05, 0) is 37.5 Å². The lowest BCUT2D eigenvalue weighted by Gasteiger charge is -2.29. The molecule has 1 aromatic heterocycles. The van der Waals surface area contributed by atoms with E-state index in [2.05, 4.69) is 31.1 Å². The molecule has 1 N–H and O–H groups in total. The summed E-state index contributed by atoms with van der Waals surface area (Å²) in [5, 5.41) is 18.0. The Morgan fingerprint density at radius 3 is 2.52 bits per heavy atom. The van der Waals surface area contributed by atoms with Gasteiger partial charge in [-0.3, -0.25) is 0 Å². The summed E-state index contributed by atoms with van der Waals surface area (Å²) < 4.78 is 2.05. The van der Waals surface area contributed by atoms with Gasteiger partial charge in [-0.2, -0.15) is 0 Å². The minimum absolute atomic E-state index is 0.0171. The van der Waals surface area contributed by atoms with Crippen molar-refractivity contribution in [3.63, 3.8) is 0 Å². The van der Waals surface area contributed by atoms with Gasteiger partial charge >= 0.3 is 0 Å². The molecular formula is C17H31N3O. The van der Waals surface area contributed by atoms with E-state index < -0.39 is 0 Å². The average molecular weight is 293 g/mol. The van der Waals surface area contributed by atoms with Gasteiger partial charge in [0.1, 0.15) is 5.69 Å². The van der Waals surface area contributed by atoms with Crippen molar-refractivity contribution in [2.75, 3.05) is 0 Å². The normalized spacial score (nSPS) is 22.9. The van der Waals surface area contributed by atoms with Crippen molar-refractivity contribution in [1.29, 1.82) is 0 Å². The molecule has 120 valence electrons. The third kappa shape index (κ3) is 4.29. The molecule has 0 amide bonds. The van der Waals surface area contributed by atoms with E-state index in [0.29, 0.717) is 11.8 Å². The fourth-order valence-corrected chi connectivity index (χ4v) is 3.61. The Morgan fingerprint density at radius 1 is 1.24 bits per heavy atom. The highest BCUT2D eigenvalue weighted by Crippen LogP contribution is 2.38. The number of hydrogen-bond donors (Lipinski definition) is 1. The predicted molar refractivity (Wildman–Crippen MR) is 85.0 cm³/mol. The molecule has 4 heteroatoms. The van der Waals surface area contributed by atoms with Gasteiger partial charge in [0.2, 0.25) is 0 Å². The minimum Gasteiger partial charge on any atom is -0.390 e. The molecule has 1 aliphatic carbocycles. The first-order valence-electron chi connectivity index (χ1n) is 8.68. The first-order chi connectivity index (χ1) is 10.2. The maximum Gasteiger partial charge on any atom is 0.112 e. The van der Waals surface area contributed by atoms with Crippen LogP contribution in [0.2, 0.25) is 0 Å². The zero-order valence-electron chi connectivity index (χ0n) is 13.9. The molecule has 0 spiro atoms. The molecule has 0 aliphatic heterocycles. The molecule has 2 rings (SSSR count). The molecule has 0 saturated heterocycles. The van der Waals surface area contributed by atoms with Crippen LogP contribution < -0.4 is 0 Å². The number of nitrogens with zero attached hydrogens (tertiary/aromatic N) is 3. The molecule has 0 unspecified atom stereocenters. The Morgan fingerprint density at radius 2 is 1.95 bits per heavy atom. The van der Waals surface area contributed by atoms with E-state index in [4.69, 9.17) is 0 Å². The van der Waals surface area contributed by atoms with E-state index in [1.807, 2.05) is 4.68 Å². The molecule has 1 heterocycles. The van der Waals surface area contributed by atoms with Gasteiger partial charge in [0, 0.05) is 12.5 Å². The third-order valence-electron chi connectivity index (χ3n) is 4.73. The second-order valence-electron chi connectivity index (χ2n) is 7.02. The van der Waals surface area contributed by atoms with E-state index in [0.717, 1.165) is 18.2 Å². The van der Waals surface area contributed by atoms with Crippen molar-refractivity contribution in [3.8, 4) is 0 Å². The number of hydrogen-bond acceptors (Lipinski definition) is 3. The molecule has 0 aromatic carbocycles. The van der Waals surface area contributed by atoms with Gasteiger partial charge in [0.05, 0.1) is 12.3 Å². The first-order valence-corrected chi connectivity index (χ1v) is 8.68. The van der Waals surface area contributed by atoms with Crippen molar-refractivity contribution in [1.82, 2.24) is 15.0 Å². The van der Waals surface area contributed by atoms with Gasteiger partial charge in [-0.1, -0.05) is 45.2 Å². The van der Waals surface area contributed by atoms with E-state index in [9.17, 15) is 5.11 Å². The fourth-order valence-electron chi connectivity index (χ4n) is 3.61. The molecule has 1 aromatic rings. The molecule has 0 radical (unpaired) electrons. The summed E-state index contributed by atoms with van der Waals surface area (Å²) in [6.45, 7) is 7.59. The molecule has 0 bridgehead atoms.